The van der Waals surface area contributed by atoms with E-state index in [2.05, 4.69) is 5.32 Å². The molecule has 254 valence electrons. The van der Waals surface area contributed by atoms with E-state index in [1.54, 1.807) is 49.6 Å². The summed E-state index contributed by atoms with van der Waals surface area (Å²) in [6.07, 6.45) is 1.92. The lowest BCUT2D eigenvalue weighted by molar-refractivity contribution is -0.140. The molecule has 0 radical (unpaired) electrons. The number of hydrogen-bond donors (Lipinski definition) is 1. The first-order chi connectivity index (χ1) is 23.2. The van der Waals surface area contributed by atoms with Crippen LogP contribution in [0.4, 0.5) is 5.69 Å². The second kappa shape index (κ2) is 17.4. The van der Waals surface area contributed by atoms with Crippen LogP contribution < -0.4 is 19.1 Å². The topological polar surface area (TPSA) is 105 Å². The zero-order chi connectivity index (χ0) is 34.5. The smallest absolute Gasteiger partial charge is 0.264 e. The molecule has 0 aromatic heterocycles. The van der Waals surface area contributed by atoms with Gasteiger partial charge in [-0.2, -0.15) is 0 Å². The number of ether oxygens (including phenoxy) is 2. The van der Waals surface area contributed by atoms with Crippen molar-refractivity contribution in [1.82, 2.24) is 10.2 Å². The maximum Gasteiger partial charge on any atom is 0.264 e. The van der Waals surface area contributed by atoms with Gasteiger partial charge in [0.25, 0.3) is 10.0 Å². The number of sulfonamides is 1. The van der Waals surface area contributed by atoms with Gasteiger partial charge in [-0.1, -0.05) is 73.5 Å². The van der Waals surface area contributed by atoms with Crippen LogP contribution >= 0.6 is 0 Å². The Morgan fingerprint density at radius 2 is 1.52 bits per heavy atom. The van der Waals surface area contributed by atoms with Crippen LogP contribution in [0.1, 0.15) is 43.4 Å². The molecular formula is C38H45N3O6S. The van der Waals surface area contributed by atoms with E-state index in [1.807, 2.05) is 69.3 Å². The second-order valence-corrected chi connectivity index (χ2v) is 13.3. The van der Waals surface area contributed by atoms with Gasteiger partial charge in [0.2, 0.25) is 11.8 Å². The maximum absolute atomic E-state index is 14.6. The van der Waals surface area contributed by atoms with Gasteiger partial charge >= 0.3 is 0 Å². The third kappa shape index (κ3) is 9.60. The number of amides is 2. The Kier molecular flexibility index (Phi) is 13.0. The third-order valence-electron chi connectivity index (χ3n) is 7.91. The highest BCUT2D eigenvalue weighted by atomic mass is 32.2. The normalized spacial score (nSPS) is 11.8. The highest BCUT2D eigenvalue weighted by molar-refractivity contribution is 7.92. The van der Waals surface area contributed by atoms with E-state index in [0.29, 0.717) is 30.3 Å². The minimum absolute atomic E-state index is 0.0484. The first-order valence-corrected chi connectivity index (χ1v) is 17.7. The predicted octanol–water partition coefficient (Wildman–Crippen LogP) is 6.15. The Labute approximate surface area is 284 Å². The van der Waals surface area contributed by atoms with Gasteiger partial charge in [-0.25, -0.2) is 8.42 Å². The lowest BCUT2D eigenvalue weighted by Gasteiger charge is -2.34. The number of unbranched alkanes of at least 4 members (excludes halogenated alkanes) is 1. The first-order valence-electron chi connectivity index (χ1n) is 16.2. The molecule has 2 amide bonds. The van der Waals surface area contributed by atoms with Crippen molar-refractivity contribution in [2.24, 2.45) is 0 Å². The molecule has 4 aromatic rings. The average molecular weight is 672 g/mol. The molecule has 4 rings (SSSR count). The zero-order valence-corrected chi connectivity index (χ0v) is 28.9. The van der Waals surface area contributed by atoms with Gasteiger partial charge in [0, 0.05) is 19.5 Å². The number of nitrogens with one attached hydrogen (secondary N) is 1. The second-order valence-electron chi connectivity index (χ2n) is 11.5. The summed E-state index contributed by atoms with van der Waals surface area (Å²) in [5.41, 5.74) is 2.80. The molecule has 0 bridgehead atoms. The molecule has 4 aromatic carbocycles. The Morgan fingerprint density at radius 1 is 0.833 bits per heavy atom. The molecule has 1 N–H and O–H groups in total. The first kappa shape index (κ1) is 36.0. The monoisotopic (exact) mass is 671 g/mol. The van der Waals surface area contributed by atoms with Crippen molar-refractivity contribution >= 4 is 27.5 Å². The number of carbonyl (C=O) groups excluding carboxylic acids is 2. The average Bonchev–Trinajstić information content (AvgIpc) is 3.10. The van der Waals surface area contributed by atoms with E-state index in [1.165, 1.54) is 17.0 Å². The van der Waals surface area contributed by atoms with Gasteiger partial charge in [-0.05, 0) is 79.9 Å². The van der Waals surface area contributed by atoms with Gasteiger partial charge < -0.3 is 19.7 Å². The highest BCUT2D eigenvalue weighted by Gasteiger charge is 2.34. The Bertz CT molecular complexity index is 1730. The van der Waals surface area contributed by atoms with Gasteiger partial charge in [0.1, 0.15) is 24.1 Å². The summed E-state index contributed by atoms with van der Waals surface area (Å²) in [7, 11) is -2.64. The van der Waals surface area contributed by atoms with Crippen molar-refractivity contribution in [3.63, 3.8) is 0 Å². The van der Waals surface area contributed by atoms with Crippen LogP contribution in [0.5, 0.6) is 11.5 Å². The van der Waals surface area contributed by atoms with E-state index in [-0.39, 0.29) is 23.8 Å². The van der Waals surface area contributed by atoms with Crippen molar-refractivity contribution < 1.29 is 27.5 Å². The number of rotatable bonds is 17. The van der Waals surface area contributed by atoms with Crippen LogP contribution in [0.25, 0.3) is 0 Å². The fraction of sp³-hybridized carbons (Fsp3) is 0.316. The van der Waals surface area contributed by atoms with Crippen molar-refractivity contribution in [3.8, 4) is 11.5 Å². The maximum atomic E-state index is 14.6. The van der Waals surface area contributed by atoms with Crippen LogP contribution in [0, 0.1) is 6.92 Å². The SMILES string of the molecule is CCCCNC(=O)C(Cc1ccccc1)N(Cc1cccc(OC)c1)C(=O)CN(c1ccc(OCC)cc1)S(=O)(=O)c1ccc(C)cc1. The lowest BCUT2D eigenvalue weighted by Crippen LogP contribution is -2.53. The predicted molar refractivity (Wildman–Crippen MR) is 189 cm³/mol. The zero-order valence-electron chi connectivity index (χ0n) is 28.1. The van der Waals surface area contributed by atoms with Crippen molar-refractivity contribution in [1.29, 1.82) is 0 Å². The van der Waals surface area contributed by atoms with Crippen molar-refractivity contribution in [3.05, 3.63) is 120 Å². The van der Waals surface area contributed by atoms with Crippen molar-refractivity contribution in [2.75, 3.05) is 31.1 Å². The van der Waals surface area contributed by atoms with E-state index in [4.69, 9.17) is 9.47 Å². The number of carbonyl (C=O) groups is 2. The minimum atomic E-state index is -4.21. The van der Waals surface area contributed by atoms with Crippen LogP contribution in [-0.2, 0) is 32.6 Å². The van der Waals surface area contributed by atoms with Crippen LogP contribution in [-0.4, -0.2) is 58.0 Å². The molecule has 48 heavy (non-hydrogen) atoms. The highest BCUT2D eigenvalue weighted by Crippen LogP contribution is 2.27. The molecular weight excluding hydrogens is 627 g/mol. The summed E-state index contributed by atoms with van der Waals surface area (Å²) in [5, 5.41) is 3.01. The van der Waals surface area contributed by atoms with Crippen molar-refractivity contribution in [2.45, 2.75) is 57.5 Å². The molecule has 1 unspecified atom stereocenters. The summed E-state index contributed by atoms with van der Waals surface area (Å²) in [6.45, 7) is 6.20. The van der Waals surface area contributed by atoms with Gasteiger partial charge in [0.15, 0.2) is 0 Å². The quantitative estimate of drug-likeness (QED) is 0.135. The summed E-state index contributed by atoms with van der Waals surface area (Å²) < 4.78 is 40.6. The largest absolute Gasteiger partial charge is 0.497 e. The molecule has 10 heteroatoms. The number of aryl methyl sites for hydroxylation is 1. The molecule has 0 aliphatic carbocycles. The van der Waals surface area contributed by atoms with E-state index >= 15 is 0 Å². The molecule has 0 aliphatic rings. The van der Waals surface area contributed by atoms with E-state index in [9.17, 15) is 18.0 Å². The summed E-state index contributed by atoms with van der Waals surface area (Å²) in [6, 6.07) is 28.9. The molecule has 9 nitrogen and oxygen atoms in total. The fourth-order valence-corrected chi connectivity index (χ4v) is 6.68. The minimum Gasteiger partial charge on any atom is -0.497 e. The summed E-state index contributed by atoms with van der Waals surface area (Å²) in [5.74, 6) is 0.336. The molecule has 0 spiro atoms. The number of anilines is 1. The number of nitrogens with zero attached hydrogens (tertiary/aromatic N) is 2. The Hall–Kier alpha value is -4.83. The summed E-state index contributed by atoms with van der Waals surface area (Å²) in [4.78, 5) is 30.1. The number of methoxy groups -OCH3 is 1. The van der Waals surface area contributed by atoms with E-state index < -0.39 is 28.5 Å². The molecule has 0 fully saturated rings. The Morgan fingerprint density at radius 3 is 2.17 bits per heavy atom. The molecule has 0 heterocycles. The van der Waals surface area contributed by atoms with Crippen LogP contribution in [0.3, 0.4) is 0 Å². The van der Waals surface area contributed by atoms with E-state index in [0.717, 1.165) is 33.8 Å². The molecule has 0 saturated heterocycles. The van der Waals surface area contributed by atoms with Gasteiger partial charge in [0.05, 0.1) is 24.3 Å². The van der Waals surface area contributed by atoms with Crippen LogP contribution in [0.2, 0.25) is 0 Å². The summed E-state index contributed by atoms with van der Waals surface area (Å²) >= 11 is 0. The van der Waals surface area contributed by atoms with Gasteiger partial charge in [-0.15, -0.1) is 0 Å². The molecule has 1 atom stereocenters. The van der Waals surface area contributed by atoms with Gasteiger partial charge in [-0.3, -0.25) is 13.9 Å². The third-order valence-corrected chi connectivity index (χ3v) is 9.70. The Balaban J connectivity index is 1.80. The lowest BCUT2D eigenvalue weighted by atomic mass is 10.0. The number of benzene rings is 4. The molecule has 0 saturated carbocycles. The fourth-order valence-electron chi connectivity index (χ4n) is 5.27. The standard InChI is InChI=1S/C38H45N3O6S/c1-5-7-24-39-38(43)36(26-30-12-9-8-10-13-30)40(27-31-14-11-15-34(25-31)46-4)37(42)28-41(32-18-20-33(21-19-32)47-6-2)48(44,45)35-22-16-29(3)17-23-35/h8-23,25,36H,5-7,24,26-28H2,1-4H3,(H,39,43). The number of hydrogen-bond acceptors (Lipinski definition) is 6. The van der Waals surface area contributed by atoms with Crippen LogP contribution in [0.15, 0.2) is 108 Å². The molecule has 0 aliphatic heterocycles.